The highest BCUT2D eigenvalue weighted by atomic mass is 14.5. The summed E-state index contributed by atoms with van der Waals surface area (Å²) in [6.45, 7) is 7.51. The molecule has 0 saturated heterocycles. The van der Waals surface area contributed by atoms with Crippen molar-refractivity contribution in [3.05, 3.63) is 40.7 Å². The fourth-order valence-corrected chi connectivity index (χ4v) is 2.50. The van der Waals surface area contributed by atoms with Crippen molar-refractivity contribution in [2.45, 2.75) is 46.5 Å². The topological polar surface area (TPSA) is 26.0 Å². The molecule has 1 aliphatic carbocycles. The Hall–Kier alpha value is -1.04. The summed E-state index contributed by atoms with van der Waals surface area (Å²) >= 11 is 0. The van der Waals surface area contributed by atoms with Crippen LogP contribution in [0.15, 0.2) is 40.7 Å². The Morgan fingerprint density at radius 3 is 2.71 bits per heavy atom. The van der Waals surface area contributed by atoms with Crippen LogP contribution in [-0.4, -0.2) is 6.54 Å². The van der Waals surface area contributed by atoms with Crippen molar-refractivity contribution in [3.63, 3.8) is 0 Å². The predicted octanol–water partition coefficient (Wildman–Crippen LogP) is 4.13. The van der Waals surface area contributed by atoms with E-state index in [1.807, 2.05) is 6.08 Å². The molecule has 1 unspecified atom stereocenters. The summed E-state index contributed by atoms with van der Waals surface area (Å²) in [5, 5.41) is 0. The van der Waals surface area contributed by atoms with Crippen LogP contribution in [0.25, 0.3) is 0 Å². The molecule has 0 bridgehead atoms. The largest absolute Gasteiger partial charge is 0.330 e. The van der Waals surface area contributed by atoms with E-state index in [9.17, 15) is 0 Å². The van der Waals surface area contributed by atoms with Gasteiger partial charge in [-0.25, -0.2) is 0 Å². The Balaban J connectivity index is 2.63. The second-order valence-electron chi connectivity index (χ2n) is 4.93. The van der Waals surface area contributed by atoms with Gasteiger partial charge < -0.3 is 5.73 Å². The Kier molecular flexibility index (Phi) is 6.04. The van der Waals surface area contributed by atoms with Gasteiger partial charge in [0.1, 0.15) is 0 Å². The van der Waals surface area contributed by atoms with Crippen molar-refractivity contribution in [1.29, 1.82) is 0 Å². The Bertz CT molecular complexity index is 365. The molecule has 1 heteroatoms. The number of hydrogen-bond donors (Lipinski definition) is 1. The molecule has 94 valence electrons. The van der Waals surface area contributed by atoms with Gasteiger partial charge in [-0.2, -0.15) is 0 Å². The number of rotatable bonds is 6. The summed E-state index contributed by atoms with van der Waals surface area (Å²) in [5.74, 6) is 0.622. The zero-order valence-electron chi connectivity index (χ0n) is 11.4. The molecule has 17 heavy (non-hydrogen) atoms. The van der Waals surface area contributed by atoms with Crippen LogP contribution in [0.5, 0.6) is 0 Å². The summed E-state index contributed by atoms with van der Waals surface area (Å²) in [7, 11) is 0. The molecule has 0 saturated carbocycles. The number of hydrogen-bond acceptors (Lipinski definition) is 1. The Morgan fingerprint density at radius 2 is 2.00 bits per heavy atom. The van der Waals surface area contributed by atoms with Crippen LogP contribution in [0.3, 0.4) is 0 Å². The third-order valence-corrected chi connectivity index (χ3v) is 3.41. The monoisotopic (exact) mass is 231 g/mol. The third kappa shape index (κ3) is 4.38. The lowest BCUT2D eigenvalue weighted by Gasteiger charge is -2.17. The molecule has 0 fully saturated rings. The van der Waals surface area contributed by atoms with Crippen LogP contribution in [0, 0.1) is 5.92 Å². The van der Waals surface area contributed by atoms with Gasteiger partial charge in [0, 0.05) is 0 Å². The lowest BCUT2D eigenvalue weighted by atomic mass is 9.87. The number of allylic oxidation sites excluding steroid dienone is 5. The summed E-state index contributed by atoms with van der Waals surface area (Å²) in [4.78, 5) is 0. The first kappa shape index (κ1) is 14.0. The summed E-state index contributed by atoms with van der Waals surface area (Å²) in [5.41, 5.74) is 13.0. The SMILES string of the molecule is CC1=C=CC=CC(C)=C1C(C)CCCCCN. The number of nitrogens with two attached hydrogens (primary N) is 1. The quantitative estimate of drug-likeness (QED) is 0.540. The van der Waals surface area contributed by atoms with E-state index in [-0.39, 0.29) is 0 Å². The van der Waals surface area contributed by atoms with Crippen molar-refractivity contribution in [2.24, 2.45) is 11.7 Å². The minimum absolute atomic E-state index is 0.622. The van der Waals surface area contributed by atoms with E-state index in [1.54, 1.807) is 0 Å². The highest BCUT2D eigenvalue weighted by Gasteiger charge is 2.13. The fraction of sp³-hybridized carbons (Fsp3) is 0.562. The zero-order valence-corrected chi connectivity index (χ0v) is 11.4. The maximum atomic E-state index is 5.52. The fourth-order valence-electron chi connectivity index (χ4n) is 2.50. The molecule has 1 rings (SSSR count). The van der Waals surface area contributed by atoms with Gasteiger partial charge in [0.2, 0.25) is 0 Å². The van der Waals surface area contributed by atoms with E-state index in [1.165, 1.54) is 36.0 Å². The molecule has 1 atom stereocenters. The van der Waals surface area contributed by atoms with Crippen molar-refractivity contribution < 1.29 is 0 Å². The maximum Gasteiger partial charge on any atom is -0.00540 e. The first-order valence-corrected chi connectivity index (χ1v) is 6.68. The molecular formula is C16H25N. The minimum Gasteiger partial charge on any atom is -0.330 e. The van der Waals surface area contributed by atoms with Crippen LogP contribution >= 0.6 is 0 Å². The standard InChI is InChI=1S/C16H25N/c1-13(9-5-4-8-12-17)16-14(2)10-6-7-11-15(16)3/h6-7,10,13H,4-5,8-9,12,17H2,1-3H3. The first-order chi connectivity index (χ1) is 8.16. The van der Waals surface area contributed by atoms with E-state index in [2.05, 4.69) is 38.7 Å². The first-order valence-electron chi connectivity index (χ1n) is 6.68. The lowest BCUT2D eigenvalue weighted by Crippen LogP contribution is -2.04. The molecule has 0 aliphatic heterocycles. The molecule has 1 nitrogen and oxygen atoms in total. The third-order valence-electron chi connectivity index (χ3n) is 3.41. The zero-order chi connectivity index (χ0) is 12.7. The molecule has 0 spiro atoms. The molecular weight excluding hydrogens is 206 g/mol. The van der Waals surface area contributed by atoms with Crippen LogP contribution in [0.2, 0.25) is 0 Å². The van der Waals surface area contributed by atoms with Gasteiger partial charge in [-0.05, 0) is 61.9 Å². The maximum absolute atomic E-state index is 5.52. The van der Waals surface area contributed by atoms with E-state index in [4.69, 9.17) is 5.73 Å². The van der Waals surface area contributed by atoms with Gasteiger partial charge in [-0.15, -0.1) is 5.73 Å². The van der Waals surface area contributed by atoms with Gasteiger partial charge in [-0.3, -0.25) is 0 Å². The molecule has 1 aliphatic rings. The average Bonchev–Trinajstić information content (AvgIpc) is 2.46. The van der Waals surface area contributed by atoms with E-state index in [0.29, 0.717) is 5.92 Å². The predicted molar refractivity (Wildman–Crippen MR) is 75.8 cm³/mol. The van der Waals surface area contributed by atoms with Crippen LogP contribution in [-0.2, 0) is 0 Å². The molecule has 0 aromatic heterocycles. The van der Waals surface area contributed by atoms with E-state index in [0.717, 1.165) is 13.0 Å². The van der Waals surface area contributed by atoms with Gasteiger partial charge in [0.25, 0.3) is 0 Å². The number of unbranched alkanes of at least 4 members (excludes halogenated alkanes) is 2. The molecule has 0 aromatic rings. The van der Waals surface area contributed by atoms with Crippen molar-refractivity contribution in [3.8, 4) is 0 Å². The van der Waals surface area contributed by atoms with Gasteiger partial charge in [0.05, 0.1) is 0 Å². The van der Waals surface area contributed by atoms with E-state index >= 15 is 0 Å². The van der Waals surface area contributed by atoms with Gasteiger partial charge in [0.15, 0.2) is 0 Å². The van der Waals surface area contributed by atoms with Crippen LogP contribution in [0.1, 0.15) is 46.5 Å². The van der Waals surface area contributed by atoms with Crippen molar-refractivity contribution >= 4 is 0 Å². The second-order valence-corrected chi connectivity index (χ2v) is 4.93. The summed E-state index contributed by atoms with van der Waals surface area (Å²) < 4.78 is 0. The average molecular weight is 231 g/mol. The smallest absolute Gasteiger partial charge is 0.00540 e. The van der Waals surface area contributed by atoms with E-state index < -0.39 is 0 Å². The van der Waals surface area contributed by atoms with Gasteiger partial charge >= 0.3 is 0 Å². The summed E-state index contributed by atoms with van der Waals surface area (Å²) in [6.07, 6.45) is 11.2. The molecule has 0 heterocycles. The Morgan fingerprint density at radius 1 is 1.24 bits per heavy atom. The summed E-state index contributed by atoms with van der Waals surface area (Å²) in [6, 6.07) is 0. The second kappa shape index (κ2) is 7.32. The highest BCUT2D eigenvalue weighted by molar-refractivity contribution is 5.42. The van der Waals surface area contributed by atoms with Crippen LogP contribution in [0.4, 0.5) is 0 Å². The normalized spacial score (nSPS) is 17.1. The minimum atomic E-state index is 0.622. The lowest BCUT2D eigenvalue weighted by molar-refractivity contribution is 0.549. The van der Waals surface area contributed by atoms with Crippen molar-refractivity contribution in [2.75, 3.05) is 6.54 Å². The van der Waals surface area contributed by atoms with Crippen molar-refractivity contribution in [1.82, 2.24) is 0 Å². The Labute approximate surface area is 106 Å². The van der Waals surface area contributed by atoms with Crippen LogP contribution < -0.4 is 5.73 Å². The highest BCUT2D eigenvalue weighted by Crippen LogP contribution is 2.28. The molecule has 0 amide bonds. The van der Waals surface area contributed by atoms with Gasteiger partial charge in [-0.1, -0.05) is 31.9 Å². The molecule has 0 aromatic carbocycles. The molecule has 2 N–H and O–H groups in total. The molecule has 0 radical (unpaired) electrons.